The number of fused-ring (bicyclic) bond motifs is 2. The predicted molar refractivity (Wildman–Crippen MR) is 119 cm³/mol. The molecule has 1 aliphatic rings. The molecule has 8 heteroatoms. The zero-order valence-corrected chi connectivity index (χ0v) is 18.7. The van der Waals surface area contributed by atoms with Gasteiger partial charge in [-0.15, -0.1) is 27.8 Å². The fraction of sp³-hybridized carbons (Fsp3) is 0.318. The molecule has 154 valence electrons. The van der Waals surface area contributed by atoms with Crippen LogP contribution in [0.15, 0.2) is 35.0 Å². The Balaban J connectivity index is 1.41. The summed E-state index contributed by atoms with van der Waals surface area (Å²) in [6, 6.07) is 8.26. The Hall–Kier alpha value is -2.71. The van der Waals surface area contributed by atoms with Crippen molar-refractivity contribution in [2.75, 3.05) is 13.2 Å². The first-order valence-corrected chi connectivity index (χ1v) is 11.6. The Morgan fingerprint density at radius 1 is 1.27 bits per heavy atom. The van der Waals surface area contributed by atoms with Gasteiger partial charge < -0.3 is 9.64 Å². The molecule has 0 saturated carbocycles. The molecule has 0 aromatic carbocycles. The molecule has 1 aliphatic heterocycles. The van der Waals surface area contributed by atoms with Crippen LogP contribution in [-0.2, 0) is 18.3 Å². The van der Waals surface area contributed by atoms with E-state index in [9.17, 15) is 4.79 Å². The highest BCUT2D eigenvalue weighted by Crippen LogP contribution is 2.39. The van der Waals surface area contributed by atoms with E-state index in [1.165, 1.54) is 15.3 Å². The van der Waals surface area contributed by atoms with E-state index in [4.69, 9.17) is 4.74 Å². The van der Waals surface area contributed by atoms with Gasteiger partial charge in [0.05, 0.1) is 11.4 Å². The smallest absolute Gasteiger partial charge is 0.261 e. The maximum absolute atomic E-state index is 13.2. The molecule has 6 nitrogen and oxygen atoms in total. The van der Waals surface area contributed by atoms with Crippen molar-refractivity contribution >= 4 is 39.6 Å². The van der Waals surface area contributed by atoms with E-state index in [-0.39, 0.29) is 18.6 Å². The summed E-state index contributed by atoms with van der Waals surface area (Å²) < 4.78 is 7.66. The van der Waals surface area contributed by atoms with Crippen LogP contribution in [0.2, 0.25) is 0 Å². The van der Waals surface area contributed by atoms with E-state index in [1.807, 2.05) is 37.9 Å². The van der Waals surface area contributed by atoms with E-state index < -0.39 is 0 Å². The van der Waals surface area contributed by atoms with Crippen molar-refractivity contribution in [1.82, 2.24) is 19.7 Å². The largest absolute Gasteiger partial charge is 0.466 e. The number of aryl methyl sites for hydroxylation is 3. The van der Waals surface area contributed by atoms with Gasteiger partial charge in [-0.2, -0.15) is 0 Å². The summed E-state index contributed by atoms with van der Waals surface area (Å²) in [5.74, 6) is 0.438. The van der Waals surface area contributed by atoms with Crippen LogP contribution in [0, 0.1) is 13.8 Å². The fourth-order valence-corrected chi connectivity index (χ4v) is 5.96. The van der Waals surface area contributed by atoms with Gasteiger partial charge in [0, 0.05) is 29.0 Å². The molecule has 0 N–H and O–H groups in total. The van der Waals surface area contributed by atoms with Crippen LogP contribution in [0.1, 0.15) is 32.6 Å². The van der Waals surface area contributed by atoms with Gasteiger partial charge in [0.15, 0.2) is 12.3 Å². The van der Waals surface area contributed by atoms with E-state index in [2.05, 4.69) is 33.0 Å². The second kappa shape index (κ2) is 7.52. The molecule has 0 saturated heterocycles. The third-order valence-corrected chi connectivity index (χ3v) is 7.44. The Morgan fingerprint density at radius 2 is 2.13 bits per heavy atom. The van der Waals surface area contributed by atoms with Crippen molar-refractivity contribution < 1.29 is 9.53 Å². The van der Waals surface area contributed by atoms with Crippen molar-refractivity contribution in [2.24, 2.45) is 7.05 Å². The first kappa shape index (κ1) is 19.3. The fourth-order valence-electron chi connectivity index (χ4n) is 4.20. The maximum atomic E-state index is 13.2. The van der Waals surface area contributed by atoms with Crippen LogP contribution in [0.3, 0.4) is 0 Å². The topological polar surface area (TPSA) is 60.2 Å². The number of hydrogen-bond donors (Lipinski definition) is 0. The molecule has 5 heterocycles. The number of aromatic nitrogens is 3. The minimum atomic E-state index is -0.0409. The van der Waals surface area contributed by atoms with Crippen LogP contribution in [0.5, 0.6) is 5.88 Å². The average Bonchev–Trinajstić information content (AvgIpc) is 3.46. The van der Waals surface area contributed by atoms with Gasteiger partial charge in [0.2, 0.25) is 5.88 Å². The number of ether oxygens (including phenoxy) is 1. The molecule has 1 amide bonds. The molecule has 0 fully saturated rings. The third kappa shape index (κ3) is 3.20. The van der Waals surface area contributed by atoms with Crippen LogP contribution in [0.25, 0.3) is 11.0 Å². The molecule has 30 heavy (non-hydrogen) atoms. The lowest BCUT2D eigenvalue weighted by Crippen LogP contribution is -2.42. The standard InChI is InChI=1S/C22H22N4O2S2/c1-13-11-14(2)23-21-19(13)22(24-25(21)3)28-12-18(27)26-8-6-16-15(7-10-30-16)20(26)17-5-4-9-29-17/h4-5,7,9-11,20H,6,8,12H2,1-3H3. The van der Waals surface area contributed by atoms with Gasteiger partial charge in [0.1, 0.15) is 0 Å². The van der Waals surface area contributed by atoms with Crippen LogP contribution in [0.4, 0.5) is 0 Å². The van der Waals surface area contributed by atoms with E-state index >= 15 is 0 Å². The maximum Gasteiger partial charge on any atom is 0.261 e. The molecule has 1 unspecified atom stereocenters. The highest BCUT2D eigenvalue weighted by Gasteiger charge is 2.33. The number of thiophene rings is 2. The molecule has 1 atom stereocenters. The number of carbonyl (C=O) groups is 1. The Bertz CT molecular complexity index is 1230. The SMILES string of the molecule is Cc1cc(C)c2c(OCC(=O)N3CCc4sccc4C3c3cccs3)nn(C)c2n1. The minimum absolute atomic E-state index is 0.0261. The minimum Gasteiger partial charge on any atom is -0.466 e. The number of amides is 1. The summed E-state index contributed by atoms with van der Waals surface area (Å²) in [7, 11) is 1.85. The number of hydrogen-bond acceptors (Lipinski definition) is 6. The van der Waals surface area contributed by atoms with Crippen molar-refractivity contribution in [3.05, 3.63) is 61.6 Å². The Morgan fingerprint density at radius 3 is 2.93 bits per heavy atom. The normalized spacial score (nSPS) is 16.1. The zero-order valence-electron chi connectivity index (χ0n) is 17.1. The summed E-state index contributed by atoms with van der Waals surface area (Å²) in [6.45, 7) is 4.63. The molecular weight excluding hydrogens is 416 g/mol. The van der Waals surface area contributed by atoms with E-state index in [0.717, 1.165) is 28.7 Å². The molecule has 4 aromatic rings. The number of carbonyl (C=O) groups excluding carboxylic acids is 1. The lowest BCUT2D eigenvalue weighted by Gasteiger charge is -2.35. The lowest BCUT2D eigenvalue weighted by atomic mass is 9.98. The van der Waals surface area contributed by atoms with Gasteiger partial charge in [0.25, 0.3) is 5.91 Å². The average molecular weight is 439 g/mol. The third-order valence-electron chi connectivity index (χ3n) is 5.52. The molecular formula is C22H22N4O2S2. The lowest BCUT2D eigenvalue weighted by molar-refractivity contribution is -0.135. The first-order chi connectivity index (χ1) is 14.5. The molecule has 0 radical (unpaired) electrons. The van der Waals surface area contributed by atoms with Gasteiger partial charge in [-0.3, -0.25) is 4.79 Å². The van der Waals surface area contributed by atoms with Crippen LogP contribution in [-0.4, -0.2) is 38.7 Å². The van der Waals surface area contributed by atoms with Crippen LogP contribution < -0.4 is 4.74 Å². The second-order valence-corrected chi connectivity index (χ2v) is 9.53. The number of pyridine rings is 1. The van der Waals surface area contributed by atoms with Crippen molar-refractivity contribution in [2.45, 2.75) is 26.3 Å². The molecule has 5 rings (SSSR count). The van der Waals surface area contributed by atoms with Gasteiger partial charge in [-0.1, -0.05) is 6.07 Å². The summed E-state index contributed by atoms with van der Waals surface area (Å²) in [6.07, 6.45) is 0.884. The van der Waals surface area contributed by atoms with Crippen molar-refractivity contribution in [1.29, 1.82) is 0 Å². The van der Waals surface area contributed by atoms with Crippen molar-refractivity contribution in [3.8, 4) is 5.88 Å². The summed E-state index contributed by atoms with van der Waals surface area (Å²) in [5.41, 5.74) is 3.99. The molecule has 0 bridgehead atoms. The zero-order chi connectivity index (χ0) is 20.8. The Labute approximate surface area is 182 Å². The van der Waals surface area contributed by atoms with Gasteiger partial charge in [-0.05, 0) is 60.4 Å². The highest BCUT2D eigenvalue weighted by molar-refractivity contribution is 7.10. The number of rotatable bonds is 4. The van der Waals surface area contributed by atoms with E-state index in [1.54, 1.807) is 27.4 Å². The Kier molecular flexibility index (Phi) is 4.83. The second-order valence-electron chi connectivity index (χ2n) is 7.55. The van der Waals surface area contributed by atoms with Crippen LogP contribution >= 0.6 is 22.7 Å². The molecule has 0 aliphatic carbocycles. The first-order valence-electron chi connectivity index (χ1n) is 9.86. The summed E-state index contributed by atoms with van der Waals surface area (Å²) in [5, 5.41) is 9.52. The van der Waals surface area contributed by atoms with Crippen molar-refractivity contribution in [3.63, 3.8) is 0 Å². The molecule has 4 aromatic heterocycles. The van der Waals surface area contributed by atoms with E-state index in [0.29, 0.717) is 12.4 Å². The summed E-state index contributed by atoms with van der Waals surface area (Å²) >= 11 is 3.46. The molecule has 0 spiro atoms. The highest BCUT2D eigenvalue weighted by atomic mass is 32.1. The quantitative estimate of drug-likeness (QED) is 0.478. The monoisotopic (exact) mass is 438 g/mol. The predicted octanol–water partition coefficient (Wildman–Crippen LogP) is 4.26. The summed E-state index contributed by atoms with van der Waals surface area (Å²) in [4.78, 5) is 22.3. The van der Waals surface area contributed by atoms with Gasteiger partial charge >= 0.3 is 0 Å². The number of nitrogens with zero attached hydrogens (tertiary/aromatic N) is 4. The van der Waals surface area contributed by atoms with Gasteiger partial charge in [-0.25, -0.2) is 9.67 Å².